The maximum Gasteiger partial charge on any atom is 0.319 e. The summed E-state index contributed by atoms with van der Waals surface area (Å²) < 4.78 is 10.2. The van der Waals surface area contributed by atoms with Gasteiger partial charge in [-0.2, -0.15) is 4.37 Å². The Morgan fingerprint density at radius 2 is 2.31 bits per heavy atom. The summed E-state index contributed by atoms with van der Waals surface area (Å²) in [6.45, 7) is 0. The van der Waals surface area contributed by atoms with Crippen LogP contribution in [0, 0.1) is 0 Å². The second-order valence-corrected chi connectivity index (χ2v) is 3.85. The maximum atomic E-state index is 11.2. The predicted octanol–water partition coefficient (Wildman–Crippen LogP) is 2.06. The minimum absolute atomic E-state index is 0.250. The fourth-order valence-corrected chi connectivity index (χ4v) is 2.19. The molecule has 2 rings (SSSR count). The third-order valence-corrected chi connectivity index (χ3v) is 3.01. The van der Waals surface area contributed by atoms with Crippen LogP contribution < -0.4 is 15.4 Å². The van der Waals surface area contributed by atoms with Gasteiger partial charge in [-0.25, -0.2) is 4.79 Å². The van der Waals surface area contributed by atoms with Gasteiger partial charge >= 0.3 is 6.03 Å². The number of ether oxygens (including phenoxy) is 1. The fourth-order valence-electron chi connectivity index (χ4n) is 1.37. The van der Waals surface area contributed by atoms with Crippen molar-refractivity contribution < 1.29 is 9.53 Å². The molecule has 2 aromatic rings. The molecular formula is C10H11N3O2S. The number of methoxy groups -OCH3 is 1. The van der Waals surface area contributed by atoms with E-state index in [0.717, 1.165) is 15.8 Å². The highest BCUT2D eigenvalue weighted by Gasteiger charge is 2.10. The highest BCUT2D eigenvalue weighted by Crippen LogP contribution is 2.33. The third-order valence-electron chi connectivity index (χ3n) is 2.13. The van der Waals surface area contributed by atoms with Crippen molar-refractivity contribution in [3.05, 3.63) is 18.2 Å². The van der Waals surface area contributed by atoms with Gasteiger partial charge in [0.1, 0.15) is 0 Å². The zero-order valence-corrected chi connectivity index (χ0v) is 9.72. The number of anilines is 1. The minimum atomic E-state index is -0.250. The molecule has 2 amide bonds. The lowest BCUT2D eigenvalue weighted by Gasteiger charge is -2.04. The van der Waals surface area contributed by atoms with Crippen molar-refractivity contribution >= 4 is 33.3 Å². The van der Waals surface area contributed by atoms with Gasteiger partial charge in [-0.05, 0) is 23.7 Å². The van der Waals surface area contributed by atoms with E-state index in [1.165, 1.54) is 11.5 Å². The lowest BCUT2D eigenvalue weighted by Crippen LogP contribution is -2.24. The number of nitrogens with one attached hydrogen (secondary N) is 2. The van der Waals surface area contributed by atoms with Crippen LogP contribution in [0.3, 0.4) is 0 Å². The Morgan fingerprint density at radius 1 is 1.50 bits per heavy atom. The fraction of sp³-hybridized carbons (Fsp3) is 0.200. The zero-order chi connectivity index (χ0) is 11.5. The molecule has 5 nitrogen and oxygen atoms in total. The number of benzene rings is 1. The second-order valence-electron chi connectivity index (χ2n) is 3.08. The van der Waals surface area contributed by atoms with E-state index in [2.05, 4.69) is 15.0 Å². The standard InChI is InChI=1S/C10H11N3O2S/c1-11-10(14)12-7-5-3-4-6-8(7)16-13-9(6)15-2/h3-5H,1-2H3,(H2,11,12,14). The van der Waals surface area contributed by atoms with Crippen LogP contribution in [-0.2, 0) is 0 Å². The topological polar surface area (TPSA) is 63.2 Å². The van der Waals surface area contributed by atoms with Crippen LogP contribution in [0.15, 0.2) is 18.2 Å². The van der Waals surface area contributed by atoms with E-state index in [-0.39, 0.29) is 6.03 Å². The van der Waals surface area contributed by atoms with Crippen molar-refractivity contribution in [2.75, 3.05) is 19.5 Å². The quantitative estimate of drug-likeness (QED) is 0.840. The Labute approximate surface area is 96.6 Å². The molecule has 0 saturated carbocycles. The van der Waals surface area contributed by atoms with E-state index in [4.69, 9.17) is 4.74 Å². The van der Waals surface area contributed by atoms with Gasteiger partial charge in [0.15, 0.2) is 0 Å². The smallest absolute Gasteiger partial charge is 0.319 e. The van der Waals surface area contributed by atoms with Gasteiger partial charge in [0.05, 0.1) is 22.9 Å². The minimum Gasteiger partial charge on any atom is -0.480 e. The monoisotopic (exact) mass is 237 g/mol. The highest BCUT2D eigenvalue weighted by atomic mass is 32.1. The number of urea groups is 1. The number of aromatic nitrogens is 1. The number of hydrogen-bond donors (Lipinski definition) is 2. The van der Waals surface area contributed by atoms with Gasteiger partial charge < -0.3 is 15.4 Å². The first-order chi connectivity index (χ1) is 7.76. The van der Waals surface area contributed by atoms with E-state index in [0.29, 0.717) is 5.88 Å². The SMILES string of the molecule is CNC(=O)Nc1cccc2c(OC)nsc12. The molecule has 0 fully saturated rings. The molecule has 0 saturated heterocycles. The summed E-state index contributed by atoms with van der Waals surface area (Å²) >= 11 is 1.30. The molecule has 0 aliphatic rings. The zero-order valence-electron chi connectivity index (χ0n) is 8.90. The number of amides is 2. The van der Waals surface area contributed by atoms with Crippen LogP contribution in [0.2, 0.25) is 0 Å². The molecule has 6 heteroatoms. The summed E-state index contributed by atoms with van der Waals surface area (Å²) in [5, 5.41) is 6.14. The van der Waals surface area contributed by atoms with Crippen LogP contribution in [0.5, 0.6) is 5.88 Å². The number of rotatable bonds is 2. The first-order valence-electron chi connectivity index (χ1n) is 4.67. The summed E-state index contributed by atoms with van der Waals surface area (Å²) in [5.41, 5.74) is 0.734. The van der Waals surface area contributed by atoms with E-state index in [1.54, 1.807) is 14.2 Å². The third kappa shape index (κ3) is 1.79. The van der Waals surface area contributed by atoms with Crippen molar-refractivity contribution in [3.63, 3.8) is 0 Å². The Balaban J connectivity index is 2.46. The average Bonchev–Trinajstić information content (AvgIpc) is 2.73. The van der Waals surface area contributed by atoms with Crippen molar-refractivity contribution in [2.45, 2.75) is 0 Å². The Bertz CT molecular complexity index is 524. The first-order valence-corrected chi connectivity index (χ1v) is 5.44. The highest BCUT2D eigenvalue weighted by molar-refractivity contribution is 7.14. The Morgan fingerprint density at radius 3 is 3.00 bits per heavy atom. The molecule has 0 bridgehead atoms. The number of fused-ring (bicyclic) bond motifs is 1. The van der Waals surface area contributed by atoms with E-state index in [9.17, 15) is 4.79 Å². The molecule has 1 aromatic heterocycles. The van der Waals surface area contributed by atoms with Gasteiger partial charge in [0.2, 0.25) is 5.88 Å². The van der Waals surface area contributed by atoms with Crippen LogP contribution >= 0.6 is 11.5 Å². The van der Waals surface area contributed by atoms with E-state index < -0.39 is 0 Å². The van der Waals surface area contributed by atoms with Crippen molar-refractivity contribution in [2.24, 2.45) is 0 Å². The number of nitrogens with zero attached hydrogens (tertiary/aromatic N) is 1. The van der Waals surface area contributed by atoms with Crippen LogP contribution in [-0.4, -0.2) is 24.6 Å². The summed E-state index contributed by atoms with van der Waals surface area (Å²) in [6, 6.07) is 5.34. The molecule has 0 unspecified atom stereocenters. The summed E-state index contributed by atoms with van der Waals surface area (Å²) in [5.74, 6) is 0.584. The lowest BCUT2D eigenvalue weighted by atomic mass is 10.2. The van der Waals surface area contributed by atoms with Crippen LogP contribution in [0.4, 0.5) is 10.5 Å². The maximum absolute atomic E-state index is 11.2. The Kier molecular flexibility index (Phi) is 2.91. The number of carbonyl (C=O) groups excluding carboxylic acids is 1. The molecule has 1 heterocycles. The van der Waals surface area contributed by atoms with Gasteiger partial charge in [0.25, 0.3) is 0 Å². The molecule has 0 radical (unpaired) electrons. The largest absolute Gasteiger partial charge is 0.480 e. The Hall–Kier alpha value is -1.82. The van der Waals surface area contributed by atoms with E-state index >= 15 is 0 Å². The molecule has 84 valence electrons. The van der Waals surface area contributed by atoms with Crippen LogP contribution in [0.25, 0.3) is 10.1 Å². The number of hydrogen-bond acceptors (Lipinski definition) is 4. The lowest BCUT2D eigenvalue weighted by molar-refractivity contribution is 0.254. The van der Waals surface area contributed by atoms with Crippen LogP contribution in [0.1, 0.15) is 0 Å². The summed E-state index contributed by atoms with van der Waals surface area (Å²) in [4.78, 5) is 11.2. The molecular weight excluding hydrogens is 226 g/mol. The number of carbonyl (C=O) groups is 1. The van der Waals surface area contributed by atoms with Crippen molar-refractivity contribution in [1.29, 1.82) is 0 Å². The molecule has 0 atom stereocenters. The molecule has 0 spiro atoms. The summed E-state index contributed by atoms with van der Waals surface area (Å²) in [6.07, 6.45) is 0. The second kappa shape index (κ2) is 4.36. The average molecular weight is 237 g/mol. The van der Waals surface area contributed by atoms with Gasteiger partial charge in [0, 0.05) is 7.05 Å². The van der Waals surface area contributed by atoms with Crippen molar-refractivity contribution in [3.8, 4) is 5.88 Å². The molecule has 2 N–H and O–H groups in total. The van der Waals surface area contributed by atoms with Gasteiger partial charge in [-0.1, -0.05) is 6.07 Å². The molecule has 0 aliphatic carbocycles. The first kappa shape index (κ1) is 10.7. The van der Waals surface area contributed by atoms with Crippen molar-refractivity contribution in [1.82, 2.24) is 9.69 Å². The van der Waals surface area contributed by atoms with Gasteiger partial charge in [-0.3, -0.25) is 0 Å². The van der Waals surface area contributed by atoms with Gasteiger partial charge in [-0.15, -0.1) is 0 Å². The summed E-state index contributed by atoms with van der Waals surface area (Å²) in [7, 11) is 3.15. The normalized spacial score (nSPS) is 10.1. The molecule has 0 aliphatic heterocycles. The molecule has 16 heavy (non-hydrogen) atoms. The predicted molar refractivity (Wildman–Crippen MR) is 64.3 cm³/mol. The van der Waals surface area contributed by atoms with E-state index in [1.807, 2.05) is 18.2 Å². The molecule has 1 aromatic carbocycles.